The highest BCUT2D eigenvalue weighted by Crippen LogP contribution is 2.46. The molecule has 0 spiro atoms. The molecule has 3 heteroatoms. The van der Waals surface area contributed by atoms with E-state index in [0.29, 0.717) is 5.56 Å². The first kappa shape index (κ1) is 20.5. The van der Waals surface area contributed by atoms with E-state index in [2.05, 4.69) is 6.92 Å². The molecule has 2 aliphatic carbocycles. The zero-order valence-corrected chi connectivity index (χ0v) is 17.3. The Balaban J connectivity index is 1.47. The van der Waals surface area contributed by atoms with E-state index in [9.17, 15) is 13.2 Å². The maximum absolute atomic E-state index is 14.8. The number of rotatable bonds is 3. The lowest BCUT2D eigenvalue weighted by Gasteiger charge is -2.37. The van der Waals surface area contributed by atoms with Gasteiger partial charge in [-0.1, -0.05) is 19.1 Å². The third-order valence-electron chi connectivity index (χ3n) is 7.04. The molecule has 0 nitrogen and oxygen atoms in total. The molecule has 0 atom stereocenters. The van der Waals surface area contributed by atoms with E-state index in [0.717, 1.165) is 37.2 Å². The van der Waals surface area contributed by atoms with Crippen molar-refractivity contribution in [3.05, 3.63) is 70.7 Å². The first-order chi connectivity index (χ1) is 13.9. The highest BCUT2D eigenvalue weighted by atomic mass is 19.1. The minimum atomic E-state index is -0.601. The Morgan fingerprint density at radius 2 is 1.28 bits per heavy atom. The summed E-state index contributed by atoms with van der Waals surface area (Å²) in [5.74, 6) is 2.58. The van der Waals surface area contributed by atoms with E-state index >= 15 is 0 Å². The molecular weight excluding hydrogens is 369 g/mol. The van der Waals surface area contributed by atoms with Crippen molar-refractivity contribution in [2.45, 2.75) is 71.1 Å². The van der Waals surface area contributed by atoms with Gasteiger partial charge in [-0.05, 0) is 117 Å². The molecule has 29 heavy (non-hydrogen) atoms. The molecule has 0 bridgehead atoms. The molecule has 0 heterocycles. The van der Waals surface area contributed by atoms with E-state index in [-0.39, 0.29) is 17.0 Å². The first-order valence-electron chi connectivity index (χ1n) is 10.8. The summed E-state index contributed by atoms with van der Waals surface area (Å²) in [6, 6.07) is 7.27. The van der Waals surface area contributed by atoms with Crippen LogP contribution in [-0.2, 0) is 0 Å². The van der Waals surface area contributed by atoms with Crippen molar-refractivity contribution in [2.75, 3.05) is 0 Å². The second-order valence-electron chi connectivity index (χ2n) is 8.99. The molecule has 0 aliphatic heterocycles. The lowest BCUT2D eigenvalue weighted by molar-refractivity contribution is 0.323. The molecule has 2 radical (unpaired) electrons. The van der Waals surface area contributed by atoms with Crippen molar-refractivity contribution >= 4 is 0 Å². The lowest BCUT2D eigenvalue weighted by Crippen LogP contribution is -2.23. The Labute approximate surface area is 172 Å². The van der Waals surface area contributed by atoms with Gasteiger partial charge in [0.1, 0.15) is 17.5 Å². The SMILES string of the molecule is C[C]1CCC([C]2CCC(c3cc(F)c(-c4ccc(C)c(F)c4)c(F)c3)CC2)CC1. The average Bonchev–Trinajstić information content (AvgIpc) is 2.71. The summed E-state index contributed by atoms with van der Waals surface area (Å²) in [5.41, 5.74) is 1.32. The predicted octanol–water partition coefficient (Wildman–Crippen LogP) is 8.10. The van der Waals surface area contributed by atoms with Gasteiger partial charge < -0.3 is 0 Å². The van der Waals surface area contributed by atoms with Gasteiger partial charge in [-0.15, -0.1) is 0 Å². The zero-order chi connectivity index (χ0) is 20.5. The maximum Gasteiger partial charge on any atom is 0.134 e. The maximum atomic E-state index is 14.8. The van der Waals surface area contributed by atoms with Crippen LogP contribution in [0.15, 0.2) is 30.3 Å². The predicted molar refractivity (Wildman–Crippen MR) is 112 cm³/mol. The van der Waals surface area contributed by atoms with Crippen LogP contribution < -0.4 is 0 Å². The summed E-state index contributed by atoms with van der Waals surface area (Å²) >= 11 is 0. The number of hydrogen-bond acceptors (Lipinski definition) is 0. The van der Waals surface area contributed by atoms with Gasteiger partial charge in [-0.2, -0.15) is 0 Å². The van der Waals surface area contributed by atoms with E-state index in [1.807, 2.05) is 0 Å². The number of aryl methyl sites for hydroxylation is 1. The standard InChI is InChI=1S/C26H29F3/c1-16-3-6-18(7-4-16)19-9-11-20(12-10-19)22-14-24(28)26(25(29)15-22)21-8-5-17(2)23(27)13-21/h5,8,13-15,18,20H,3-4,6-7,9-12H2,1-2H3. The van der Waals surface area contributed by atoms with E-state index in [4.69, 9.17) is 0 Å². The third-order valence-corrected chi connectivity index (χ3v) is 7.04. The Morgan fingerprint density at radius 3 is 1.86 bits per heavy atom. The minimum absolute atomic E-state index is 0.135. The molecular formula is C26H29F3. The van der Waals surface area contributed by atoms with Gasteiger partial charge in [0.25, 0.3) is 0 Å². The van der Waals surface area contributed by atoms with Gasteiger partial charge in [0.05, 0.1) is 5.56 Å². The third kappa shape index (κ3) is 4.39. The van der Waals surface area contributed by atoms with Crippen LogP contribution in [0.1, 0.15) is 75.3 Å². The van der Waals surface area contributed by atoms with E-state index < -0.39 is 17.5 Å². The highest BCUT2D eigenvalue weighted by molar-refractivity contribution is 5.66. The fourth-order valence-corrected chi connectivity index (χ4v) is 5.10. The molecule has 2 saturated carbocycles. The molecule has 0 N–H and O–H groups in total. The largest absolute Gasteiger partial charge is 0.207 e. The van der Waals surface area contributed by atoms with E-state index in [1.54, 1.807) is 30.9 Å². The van der Waals surface area contributed by atoms with Gasteiger partial charge >= 0.3 is 0 Å². The molecule has 2 aromatic rings. The van der Waals surface area contributed by atoms with Crippen LogP contribution in [0.3, 0.4) is 0 Å². The van der Waals surface area contributed by atoms with Crippen molar-refractivity contribution in [1.29, 1.82) is 0 Å². The smallest absolute Gasteiger partial charge is 0.134 e. The summed E-state index contributed by atoms with van der Waals surface area (Å²) in [4.78, 5) is 0. The Kier molecular flexibility index (Phi) is 6.03. The number of hydrogen-bond donors (Lipinski definition) is 0. The molecule has 4 rings (SSSR count). The Hall–Kier alpha value is -1.77. The van der Waals surface area contributed by atoms with Crippen molar-refractivity contribution in [2.24, 2.45) is 5.92 Å². The molecule has 0 saturated heterocycles. The topological polar surface area (TPSA) is 0 Å². The fourth-order valence-electron chi connectivity index (χ4n) is 5.10. The van der Waals surface area contributed by atoms with Gasteiger partial charge in [0.2, 0.25) is 0 Å². The minimum Gasteiger partial charge on any atom is -0.207 e. The summed E-state index contributed by atoms with van der Waals surface area (Å²) in [7, 11) is 0. The Morgan fingerprint density at radius 1 is 0.690 bits per heavy atom. The van der Waals surface area contributed by atoms with Gasteiger partial charge in [0.15, 0.2) is 0 Å². The van der Waals surface area contributed by atoms with Crippen LogP contribution in [-0.4, -0.2) is 0 Å². The average molecular weight is 399 g/mol. The quantitative estimate of drug-likeness (QED) is 0.490. The van der Waals surface area contributed by atoms with Gasteiger partial charge in [-0.3, -0.25) is 0 Å². The van der Waals surface area contributed by atoms with Crippen LogP contribution in [0.4, 0.5) is 13.2 Å². The molecule has 2 aromatic carbocycles. The fraction of sp³-hybridized carbons (Fsp3) is 0.462. The molecule has 0 aromatic heterocycles. The number of halogens is 3. The summed E-state index contributed by atoms with van der Waals surface area (Å²) in [5, 5.41) is 0. The first-order valence-corrected chi connectivity index (χ1v) is 10.8. The molecule has 0 unspecified atom stereocenters. The monoisotopic (exact) mass is 398 g/mol. The van der Waals surface area contributed by atoms with Crippen molar-refractivity contribution < 1.29 is 13.2 Å². The van der Waals surface area contributed by atoms with Crippen molar-refractivity contribution in [3.63, 3.8) is 0 Å². The second kappa shape index (κ2) is 8.53. The summed E-state index contributed by atoms with van der Waals surface area (Å²) < 4.78 is 43.5. The van der Waals surface area contributed by atoms with Crippen LogP contribution in [0, 0.1) is 42.1 Å². The normalized spacial score (nSPS) is 20.3. The molecule has 0 amide bonds. The molecule has 154 valence electrons. The second-order valence-corrected chi connectivity index (χ2v) is 8.99. The lowest BCUT2D eigenvalue weighted by atomic mass is 9.68. The van der Waals surface area contributed by atoms with Crippen molar-refractivity contribution in [3.8, 4) is 11.1 Å². The summed E-state index contributed by atoms with van der Waals surface area (Å²) in [6.07, 6.45) is 9.11. The van der Waals surface area contributed by atoms with Gasteiger partial charge in [0, 0.05) is 0 Å². The van der Waals surface area contributed by atoms with Crippen LogP contribution in [0.5, 0.6) is 0 Å². The van der Waals surface area contributed by atoms with Crippen LogP contribution >= 0.6 is 0 Å². The molecule has 2 fully saturated rings. The highest BCUT2D eigenvalue weighted by Gasteiger charge is 2.31. The Bertz CT molecular complexity index is 833. The van der Waals surface area contributed by atoms with E-state index in [1.165, 1.54) is 43.9 Å². The van der Waals surface area contributed by atoms with Crippen LogP contribution in [0.2, 0.25) is 0 Å². The van der Waals surface area contributed by atoms with Gasteiger partial charge in [-0.25, -0.2) is 13.2 Å². The zero-order valence-electron chi connectivity index (χ0n) is 17.3. The summed E-state index contributed by atoms with van der Waals surface area (Å²) in [6.45, 7) is 3.89. The van der Waals surface area contributed by atoms with Crippen LogP contribution in [0.25, 0.3) is 11.1 Å². The van der Waals surface area contributed by atoms with Crippen molar-refractivity contribution in [1.82, 2.24) is 0 Å². The molecule has 2 aliphatic rings. The number of benzene rings is 2.